The Hall–Kier alpha value is -1.40. The van der Waals surface area contributed by atoms with Gasteiger partial charge in [0.2, 0.25) is 5.92 Å². The normalized spacial score (nSPS) is 21.8. The van der Waals surface area contributed by atoms with Crippen LogP contribution >= 0.6 is 0 Å². The van der Waals surface area contributed by atoms with Crippen LogP contribution in [0.4, 0.5) is 8.78 Å². The fourth-order valence-electron chi connectivity index (χ4n) is 2.27. The van der Waals surface area contributed by atoms with Gasteiger partial charge in [-0.25, -0.2) is 8.78 Å². The lowest BCUT2D eigenvalue weighted by atomic mass is 9.76. The van der Waals surface area contributed by atoms with Crippen LogP contribution < -0.4 is 5.73 Å². The Morgan fingerprint density at radius 1 is 1.18 bits per heavy atom. The summed E-state index contributed by atoms with van der Waals surface area (Å²) in [5.74, 6) is -0.0267. The molecule has 2 N–H and O–H groups in total. The average molecular weight is 235 g/mol. The zero-order valence-corrected chi connectivity index (χ0v) is 9.55. The minimum Gasteiger partial charge on any atom is -0.321 e. The highest BCUT2D eigenvalue weighted by Gasteiger charge is 2.41. The number of benzene rings is 1. The van der Waals surface area contributed by atoms with Gasteiger partial charge in [-0.3, -0.25) is 0 Å². The van der Waals surface area contributed by atoms with Crippen LogP contribution in [-0.4, -0.2) is 5.92 Å². The summed E-state index contributed by atoms with van der Waals surface area (Å²) in [5, 5.41) is 0. The van der Waals surface area contributed by atoms with Crippen LogP contribution in [-0.2, 0) is 5.54 Å². The molecule has 1 saturated carbocycles. The number of terminal acetylenes is 1. The first-order chi connectivity index (χ1) is 7.95. The average Bonchev–Trinajstić information content (AvgIpc) is 2.33. The maximum atomic E-state index is 13.1. The molecule has 0 radical (unpaired) electrons. The maximum absolute atomic E-state index is 13.1. The van der Waals surface area contributed by atoms with E-state index in [0.29, 0.717) is 12.8 Å². The van der Waals surface area contributed by atoms with Crippen LogP contribution in [0.25, 0.3) is 0 Å². The quantitative estimate of drug-likeness (QED) is 0.744. The van der Waals surface area contributed by atoms with E-state index in [4.69, 9.17) is 12.2 Å². The number of halogens is 2. The second-order valence-corrected chi connectivity index (χ2v) is 4.74. The first kappa shape index (κ1) is 12.1. The van der Waals surface area contributed by atoms with Crippen molar-refractivity contribution in [1.29, 1.82) is 0 Å². The molecule has 0 bridgehead atoms. The number of rotatable bonds is 1. The number of alkyl halides is 2. The van der Waals surface area contributed by atoms with Crippen molar-refractivity contribution in [3.63, 3.8) is 0 Å². The Balaban J connectivity index is 2.25. The number of nitrogens with two attached hydrogens (primary N) is 1. The van der Waals surface area contributed by atoms with E-state index in [-0.39, 0.29) is 12.8 Å². The van der Waals surface area contributed by atoms with E-state index in [0.717, 1.165) is 11.1 Å². The van der Waals surface area contributed by atoms with Gasteiger partial charge in [0.05, 0.1) is 0 Å². The van der Waals surface area contributed by atoms with Crippen molar-refractivity contribution in [2.45, 2.75) is 37.1 Å². The molecule has 0 spiro atoms. The Kier molecular flexibility index (Phi) is 2.92. The molecule has 17 heavy (non-hydrogen) atoms. The molecule has 3 heteroatoms. The van der Waals surface area contributed by atoms with Gasteiger partial charge in [-0.1, -0.05) is 18.1 Å². The summed E-state index contributed by atoms with van der Waals surface area (Å²) in [6.45, 7) is 0. The lowest BCUT2D eigenvalue weighted by Crippen LogP contribution is -2.43. The van der Waals surface area contributed by atoms with Crippen molar-refractivity contribution in [3.05, 3.63) is 35.4 Å². The van der Waals surface area contributed by atoms with Gasteiger partial charge in [0.15, 0.2) is 0 Å². The number of hydrogen-bond acceptors (Lipinski definition) is 1. The molecular weight excluding hydrogens is 220 g/mol. The second-order valence-electron chi connectivity index (χ2n) is 4.74. The van der Waals surface area contributed by atoms with E-state index in [2.05, 4.69) is 5.92 Å². The Morgan fingerprint density at radius 2 is 1.82 bits per heavy atom. The van der Waals surface area contributed by atoms with Crippen LogP contribution in [0.15, 0.2) is 24.3 Å². The summed E-state index contributed by atoms with van der Waals surface area (Å²) < 4.78 is 26.2. The molecule has 1 fully saturated rings. The minimum absolute atomic E-state index is 0.149. The smallest absolute Gasteiger partial charge is 0.248 e. The van der Waals surface area contributed by atoms with E-state index in [1.807, 2.05) is 24.3 Å². The highest BCUT2D eigenvalue weighted by Crippen LogP contribution is 2.42. The molecule has 90 valence electrons. The molecular formula is C14H15F2N. The molecule has 0 unspecified atom stereocenters. The van der Waals surface area contributed by atoms with Crippen molar-refractivity contribution in [2.24, 2.45) is 5.73 Å². The topological polar surface area (TPSA) is 26.0 Å². The molecule has 2 rings (SSSR count). The third-order valence-electron chi connectivity index (χ3n) is 3.48. The zero-order chi connectivity index (χ0) is 12.5. The van der Waals surface area contributed by atoms with Crippen LogP contribution in [0.5, 0.6) is 0 Å². The van der Waals surface area contributed by atoms with E-state index >= 15 is 0 Å². The van der Waals surface area contributed by atoms with Gasteiger partial charge in [0.25, 0.3) is 0 Å². The molecule has 0 heterocycles. The largest absolute Gasteiger partial charge is 0.321 e. The van der Waals surface area contributed by atoms with Crippen LogP contribution in [0.3, 0.4) is 0 Å². The third-order valence-corrected chi connectivity index (χ3v) is 3.48. The lowest BCUT2D eigenvalue weighted by molar-refractivity contribution is -0.0514. The summed E-state index contributed by atoms with van der Waals surface area (Å²) in [4.78, 5) is 0. The molecule has 1 aromatic rings. The molecule has 0 saturated heterocycles. The molecule has 1 nitrogen and oxygen atoms in total. The third kappa shape index (κ3) is 2.48. The first-order valence-electron chi connectivity index (χ1n) is 5.69. The predicted octanol–water partition coefficient (Wildman–Crippen LogP) is 3.03. The van der Waals surface area contributed by atoms with E-state index in [9.17, 15) is 8.78 Å². The minimum atomic E-state index is -2.56. The van der Waals surface area contributed by atoms with Crippen molar-refractivity contribution >= 4 is 0 Å². The highest BCUT2D eigenvalue weighted by molar-refractivity contribution is 5.38. The molecule has 1 aliphatic rings. The van der Waals surface area contributed by atoms with Crippen LogP contribution in [0, 0.1) is 12.3 Å². The molecule has 1 aromatic carbocycles. The Morgan fingerprint density at radius 3 is 2.41 bits per heavy atom. The van der Waals surface area contributed by atoms with Crippen LogP contribution in [0.1, 0.15) is 36.8 Å². The standard InChI is InChI=1S/C14H15F2N/c1-2-11-4-3-5-12(10-11)13(17)6-8-14(15,16)9-7-13/h1,3-5,10H,6-9,17H2. The Labute approximate surface area is 100 Å². The van der Waals surface area contributed by atoms with Gasteiger partial charge in [-0.05, 0) is 30.5 Å². The molecule has 0 atom stereocenters. The predicted molar refractivity (Wildman–Crippen MR) is 63.7 cm³/mol. The van der Waals surface area contributed by atoms with Crippen molar-refractivity contribution in [1.82, 2.24) is 0 Å². The van der Waals surface area contributed by atoms with Gasteiger partial charge in [-0.15, -0.1) is 6.42 Å². The lowest BCUT2D eigenvalue weighted by Gasteiger charge is -2.37. The highest BCUT2D eigenvalue weighted by atomic mass is 19.3. The van der Waals surface area contributed by atoms with Crippen molar-refractivity contribution < 1.29 is 8.78 Å². The summed E-state index contributed by atoms with van der Waals surface area (Å²) in [5.41, 5.74) is 7.17. The van der Waals surface area contributed by atoms with Gasteiger partial charge >= 0.3 is 0 Å². The first-order valence-corrected chi connectivity index (χ1v) is 5.69. The SMILES string of the molecule is C#Cc1cccc(C2(N)CCC(F)(F)CC2)c1. The summed E-state index contributed by atoms with van der Waals surface area (Å²) >= 11 is 0. The number of hydrogen-bond donors (Lipinski definition) is 1. The molecule has 0 aromatic heterocycles. The van der Waals surface area contributed by atoms with E-state index < -0.39 is 11.5 Å². The van der Waals surface area contributed by atoms with Gasteiger partial charge < -0.3 is 5.73 Å². The summed E-state index contributed by atoms with van der Waals surface area (Å²) in [7, 11) is 0. The van der Waals surface area contributed by atoms with Gasteiger partial charge in [-0.2, -0.15) is 0 Å². The van der Waals surface area contributed by atoms with E-state index in [1.165, 1.54) is 0 Å². The van der Waals surface area contributed by atoms with E-state index in [1.54, 1.807) is 0 Å². The van der Waals surface area contributed by atoms with Gasteiger partial charge in [0, 0.05) is 23.9 Å². The maximum Gasteiger partial charge on any atom is 0.248 e. The fraction of sp³-hybridized carbons (Fsp3) is 0.429. The molecule has 0 amide bonds. The van der Waals surface area contributed by atoms with Crippen LogP contribution in [0.2, 0.25) is 0 Å². The second kappa shape index (κ2) is 4.12. The fourth-order valence-corrected chi connectivity index (χ4v) is 2.27. The monoisotopic (exact) mass is 235 g/mol. The molecule has 1 aliphatic carbocycles. The van der Waals surface area contributed by atoms with Crippen molar-refractivity contribution in [3.8, 4) is 12.3 Å². The Bertz CT molecular complexity index is 450. The zero-order valence-electron chi connectivity index (χ0n) is 9.55. The van der Waals surface area contributed by atoms with Crippen molar-refractivity contribution in [2.75, 3.05) is 0 Å². The summed E-state index contributed by atoms with van der Waals surface area (Å²) in [6, 6.07) is 7.32. The molecule has 0 aliphatic heterocycles. The van der Waals surface area contributed by atoms with Gasteiger partial charge in [0.1, 0.15) is 0 Å². The summed E-state index contributed by atoms with van der Waals surface area (Å²) in [6.07, 6.45) is 5.62.